The normalized spacial score (nSPS) is 21.8. The van der Waals surface area contributed by atoms with Gasteiger partial charge in [0.2, 0.25) is 0 Å². The second-order valence-electron chi connectivity index (χ2n) is 9.64. The molecule has 1 saturated heterocycles. The highest BCUT2D eigenvalue weighted by atomic mass is 28.4. The van der Waals surface area contributed by atoms with Crippen LogP contribution >= 0.6 is 0 Å². The molecule has 0 aromatic heterocycles. The van der Waals surface area contributed by atoms with Gasteiger partial charge in [-0.2, -0.15) is 0 Å². The summed E-state index contributed by atoms with van der Waals surface area (Å²) in [7, 11) is -2.67. The zero-order valence-corrected chi connectivity index (χ0v) is 20.4. The number of allylic oxidation sites excluding steroid dienone is 1. The Kier molecular flexibility index (Phi) is 7.01. The predicted octanol–water partition coefficient (Wildman–Crippen LogP) is 4.23. The average molecular weight is 439 g/mol. The summed E-state index contributed by atoms with van der Waals surface area (Å²) in [5.41, 5.74) is 0.627. The van der Waals surface area contributed by atoms with Crippen molar-refractivity contribution >= 4 is 25.0 Å². The van der Waals surface area contributed by atoms with Gasteiger partial charge in [-0.25, -0.2) is 0 Å². The molecule has 0 bridgehead atoms. The fraction of sp³-hybridized carbons (Fsp3) is 0.423. The second-order valence-corrected chi connectivity index (χ2v) is 13.9. The molecule has 4 nitrogen and oxygen atoms in total. The van der Waals surface area contributed by atoms with E-state index in [1.54, 1.807) is 6.92 Å². The van der Waals surface area contributed by atoms with Crippen LogP contribution in [0, 0.1) is 0 Å². The fourth-order valence-electron chi connectivity index (χ4n) is 4.40. The first-order valence-electron chi connectivity index (χ1n) is 10.8. The van der Waals surface area contributed by atoms with Crippen molar-refractivity contribution in [3.8, 4) is 0 Å². The zero-order valence-electron chi connectivity index (χ0n) is 19.4. The minimum absolute atomic E-state index is 0.116. The van der Waals surface area contributed by atoms with E-state index in [-0.39, 0.29) is 17.2 Å². The summed E-state index contributed by atoms with van der Waals surface area (Å²) in [6, 6.07) is 21.1. The molecule has 1 fully saturated rings. The molecule has 1 heterocycles. The Morgan fingerprint density at radius 2 is 1.52 bits per heavy atom. The van der Waals surface area contributed by atoms with E-state index >= 15 is 0 Å². The van der Waals surface area contributed by atoms with E-state index in [1.807, 2.05) is 32.1 Å². The van der Waals surface area contributed by atoms with Gasteiger partial charge in [0.1, 0.15) is 18.5 Å². The number of hydrogen-bond donors (Lipinski definition) is 0. The topological polar surface area (TPSA) is 44.8 Å². The molecule has 0 saturated carbocycles. The van der Waals surface area contributed by atoms with Gasteiger partial charge in [0.15, 0.2) is 5.79 Å². The Balaban J connectivity index is 2.02. The second kappa shape index (κ2) is 9.21. The molecule has 2 aromatic carbocycles. The third kappa shape index (κ3) is 5.07. The largest absolute Gasteiger partial charge is 0.405 e. The molecule has 5 heteroatoms. The van der Waals surface area contributed by atoms with Crippen LogP contribution in [0.5, 0.6) is 0 Å². The average Bonchev–Trinajstić information content (AvgIpc) is 3.02. The van der Waals surface area contributed by atoms with Crippen LogP contribution in [0.25, 0.3) is 0 Å². The van der Waals surface area contributed by atoms with E-state index < -0.39 is 14.1 Å². The van der Waals surface area contributed by atoms with Crippen molar-refractivity contribution in [1.29, 1.82) is 0 Å². The summed E-state index contributed by atoms with van der Waals surface area (Å²) in [4.78, 5) is 11.2. The summed E-state index contributed by atoms with van der Waals surface area (Å²) >= 11 is 0. The van der Waals surface area contributed by atoms with Crippen LogP contribution in [-0.4, -0.2) is 39.2 Å². The molecule has 0 N–H and O–H groups in total. The number of ether oxygens (including phenoxy) is 2. The van der Waals surface area contributed by atoms with Crippen molar-refractivity contribution in [3.05, 3.63) is 72.3 Å². The van der Waals surface area contributed by atoms with E-state index in [0.29, 0.717) is 12.2 Å². The first-order valence-corrected chi connectivity index (χ1v) is 12.7. The van der Waals surface area contributed by atoms with E-state index in [9.17, 15) is 4.79 Å². The lowest BCUT2D eigenvalue weighted by Gasteiger charge is -2.43. The quantitative estimate of drug-likeness (QED) is 0.369. The van der Waals surface area contributed by atoms with Crippen LogP contribution in [0.3, 0.4) is 0 Å². The first-order chi connectivity index (χ1) is 14.6. The Bertz CT molecular complexity index is 861. The van der Waals surface area contributed by atoms with Gasteiger partial charge in [-0.15, -0.1) is 0 Å². The highest BCUT2D eigenvalue weighted by Crippen LogP contribution is 2.38. The van der Waals surface area contributed by atoms with Crippen molar-refractivity contribution in [2.24, 2.45) is 0 Å². The van der Waals surface area contributed by atoms with Crippen molar-refractivity contribution in [2.45, 2.75) is 64.6 Å². The van der Waals surface area contributed by atoms with Crippen LogP contribution in [0.2, 0.25) is 5.04 Å². The van der Waals surface area contributed by atoms with Gasteiger partial charge in [0, 0.05) is 0 Å². The molecule has 1 aliphatic rings. The number of carbonyl (C=O) groups is 1. The number of carbonyl (C=O) groups excluding carboxylic acids is 1. The van der Waals surface area contributed by atoms with Gasteiger partial charge in [-0.1, -0.05) is 81.4 Å². The molecule has 0 unspecified atom stereocenters. The Labute approximate surface area is 187 Å². The maximum Gasteiger partial charge on any atom is 0.261 e. The Hall–Kier alpha value is -2.05. The van der Waals surface area contributed by atoms with Gasteiger partial charge in [-0.3, -0.25) is 4.79 Å². The van der Waals surface area contributed by atoms with Gasteiger partial charge >= 0.3 is 0 Å². The molecule has 0 amide bonds. The highest BCUT2D eigenvalue weighted by molar-refractivity contribution is 6.99. The molecular formula is C26H34O4Si. The van der Waals surface area contributed by atoms with Crippen molar-refractivity contribution in [2.75, 3.05) is 6.61 Å². The summed E-state index contributed by atoms with van der Waals surface area (Å²) in [5.74, 6) is -0.732. The van der Waals surface area contributed by atoms with Crippen LogP contribution in [0.15, 0.2) is 72.3 Å². The molecule has 1 aliphatic heterocycles. The summed E-state index contributed by atoms with van der Waals surface area (Å²) < 4.78 is 19.3. The summed E-state index contributed by atoms with van der Waals surface area (Å²) in [6.07, 6.45) is 2.04. The minimum Gasteiger partial charge on any atom is -0.405 e. The van der Waals surface area contributed by atoms with Gasteiger partial charge in [0.05, 0.1) is 6.61 Å². The van der Waals surface area contributed by atoms with Crippen LogP contribution in [0.1, 0.15) is 41.5 Å². The molecule has 0 radical (unpaired) electrons. The van der Waals surface area contributed by atoms with Gasteiger partial charge in [0.25, 0.3) is 8.32 Å². The fourth-order valence-corrected chi connectivity index (χ4v) is 8.97. The molecule has 31 heavy (non-hydrogen) atoms. The maximum atomic E-state index is 11.2. The SMILES string of the molecule is C/C(C=O)=C\[C@@H]1OC(C)(C)O[C@@H]1CO[Si](c1ccccc1)(c1ccccc1)C(C)(C)C. The number of aldehydes is 1. The van der Waals surface area contributed by atoms with E-state index in [1.165, 1.54) is 10.4 Å². The lowest BCUT2D eigenvalue weighted by atomic mass is 10.1. The smallest absolute Gasteiger partial charge is 0.261 e. The molecular weight excluding hydrogens is 404 g/mol. The van der Waals surface area contributed by atoms with Gasteiger partial charge < -0.3 is 13.9 Å². The van der Waals surface area contributed by atoms with E-state index in [0.717, 1.165) is 6.29 Å². The third-order valence-corrected chi connectivity index (χ3v) is 10.7. The van der Waals surface area contributed by atoms with Crippen molar-refractivity contribution < 1.29 is 18.7 Å². The van der Waals surface area contributed by atoms with Crippen molar-refractivity contribution in [3.63, 3.8) is 0 Å². The standard InChI is InChI=1S/C26H34O4Si/c1-20(18-27)17-23-24(30-26(5,6)29-23)19-28-31(25(2,3)4,21-13-9-7-10-14-21)22-15-11-8-12-16-22/h7-18,23-24H,19H2,1-6H3/b20-17+/t23-,24+/m0/s1. The van der Waals surface area contributed by atoms with Crippen LogP contribution in [0.4, 0.5) is 0 Å². The molecule has 2 atom stereocenters. The minimum atomic E-state index is -2.67. The zero-order chi connectivity index (χ0) is 22.7. The van der Waals surface area contributed by atoms with Crippen LogP contribution < -0.4 is 10.4 Å². The molecule has 166 valence electrons. The number of hydrogen-bond acceptors (Lipinski definition) is 4. The number of benzene rings is 2. The number of rotatable bonds is 7. The lowest BCUT2D eigenvalue weighted by molar-refractivity contribution is -0.145. The Morgan fingerprint density at radius 1 is 1.00 bits per heavy atom. The van der Waals surface area contributed by atoms with Crippen molar-refractivity contribution in [1.82, 2.24) is 0 Å². The Morgan fingerprint density at radius 3 is 1.97 bits per heavy atom. The van der Waals surface area contributed by atoms with Crippen LogP contribution in [-0.2, 0) is 18.7 Å². The van der Waals surface area contributed by atoms with E-state index in [2.05, 4.69) is 69.3 Å². The van der Waals surface area contributed by atoms with E-state index in [4.69, 9.17) is 13.9 Å². The highest BCUT2D eigenvalue weighted by Gasteiger charge is 2.51. The lowest BCUT2D eigenvalue weighted by Crippen LogP contribution is -2.67. The molecule has 0 spiro atoms. The molecule has 0 aliphatic carbocycles. The summed E-state index contributed by atoms with van der Waals surface area (Å²) in [5, 5.41) is 2.33. The first kappa shape index (κ1) is 23.6. The molecule has 3 rings (SSSR count). The maximum absolute atomic E-state index is 11.2. The third-order valence-electron chi connectivity index (χ3n) is 5.72. The predicted molar refractivity (Wildman–Crippen MR) is 127 cm³/mol. The van der Waals surface area contributed by atoms with Gasteiger partial charge in [-0.05, 0) is 47.8 Å². The summed E-state index contributed by atoms with van der Waals surface area (Å²) in [6.45, 7) is 12.7. The monoisotopic (exact) mass is 438 g/mol. The molecule has 2 aromatic rings.